The summed E-state index contributed by atoms with van der Waals surface area (Å²) < 4.78 is 57.6. The number of benzene rings is 4. The van der Waals surface area contributed by atoms with Gasteiger partial charge in [-0.1, -0.05) is 0 Å². The largest absolute Gasteiger partial charge is 0.457 e. The number of carbonyl (C=O) groups is 2. The zero-order valence-electron chi connectivity index (χ0n) is 20.9. The molecule has 0 heterocycles. The van der Waals surface area contributed by atoms with Crippen molar-refractivity contribution in [2.24, 2.45) is 0 Å². The maximum absolute atomic E-state index is 12.9. The average molecular weight is 565 g/mol. The second-order valence-electron chi connectivity index (χ2n) is 8.46. The first-order valence-electron chi connectivity index (χ1n) is 11.6. The lowest BCUT2D eigenvalue weighted by molar-refractivity contribution is -0.115. The fourth-order valence-corrected chi connectivity index (χ4v) is 6.15. The van der Waals surface area contributed by atoms with Gasteiger partial charge in [0, 0.05) is 25.2 Å². The van der Waals surface area contributed by atoms with Gasteiger partial charge in [-0.2, -0.15) is 0 Å². The van der Waals surface area contributed by atoms with E-state index in [0.29, 0.717) is 22.9 Å². The Balaban J connectivity index is 1.45. The third-order valence-electron chi connectivity index (χ3n) is 5.47. The van der Waals surface area contributed by atoms with E-state index in [1.54, 1.807) is 0 Å². The quantitative estimate of drug-likeness (QED) is 0.305. The van der Waals surface area contributed by atoms with Crippen molar-refractivity contribution in [2.45, 2.75) is 33.4 Å². The summed E-state index contributed by atoms with van der Waals surface area (Å²) in [5.74, 6) is 0.206. The Morgan fingerprint density at radius 3 is 1.00 bits per heavy atom. The predicted molar refractivity (Wildman–Crippen MR) is 145 cm³/mol. The number of ether oxygens (including phenoxy) is 1. The van der Waals surface area contributed by atoms with Crippen molar-refractivity contribution < 1.29 is 31.2 Å². The zero-order valence-corrected chi connectivity index (χ0v) is 22.5. The van der Waals surface area contributed by atoms with E-state index in [0.717, 1.165) is 0 Å². The molecule has 200 valence electrons. The van der Waals surface area contributed by atoms with Gasteiger partial charge in [-0.3, -0.25) is 9.59 Å². The van der Waals surface area contributed by atoms with Gasteiger partial charge in [-0.25, -0.2) is 16.8 Å². The molecule has 0 fully saturated rings. The second kappa shape index (κ2) is 11.1. The molecule has 0 saturated heterocycles. The van der Waals surface area contributed by atoms with E-state index < -0.39 is 19.7 Å². The number of rotatable bonds is 8. The molecule has 9 nitrogen and oxygen atoms in total. The summed E-state index contributed by atoms with van der Waals surface area (Å²) in [7, 11) is -7.57. The highest BCUT2D eigenvalue weighted by molar-refractivity contribution is 7.91. The van der Waals surface area contributed by atoms with Crippen LogP contribution in [0.2, 0.25) is 0 Å². The van der Waals surface area contributed by atoms with E-state index in [9.17, 15) is 26.4 Å². The van der Waals surface area contributed by atoms with Crippen LogP contribution in [0.5, 0.6) is 11.5 Å². The number of carbonyl (C=O) groups excluding carboxylic acids is 2. The van der Waals surface area contributed by atoms with Gasteiger partial charge < -0.3 is 15.4 Å². The van der Waals surface area contributed by atoms with Gasteiger partial charge >= 0.3 is 0 Å². The topological polar surface area (TPSA) is 136 Å². The molecule has 4 aromatic carbocycles. The number of nitrogens with one attached hydrogen (secondary N) is 2. The molecule has 0 aromatic heterocycles. The molecule has 11 heteroatoms. The number of hydrogen-bond donors (Lipinski definition) is 2. The Hall–Kier alpha value is -4.48. The Morgan fingerprint density at radius 1 is 0.487 bits per heavy atom. The van der Waals surface area contributed by atoms with Gasteiger partial charge in [0.1, 0.15) is 11.5 Å². The van der Waals surface area contributed by atoms with Gasteiger partial charge in [0.25, 0.3) is 0 Å². The second-order valence-corrected chi connectivity index (χ2v) is 12.4. The molecule has 4 rings (SSSR count). The summed E-state index contributed by atoms with van der Waals surface area (Å²) in [4.78, 5) is 22.6. The van der Waals surface area contributed by atoms with Crippen LogP contribution in [0, 0.1) is 0 Å². The highest BCUT2D eigenvalue weighted by atomic mass is 32.2. The monoisotopic (exact) mass is 564 g/mol. The van der Waals surface area contributed by atoms with Crippen LogP contribution in [0.15, 0.2) is 117 Å². The number of anilines is 2. The maximum Gasteiger partial charge on any atom is 0.221 e. The lowest BCUT2D eigenvalue weighted by Gasteiger charge is -2.10. The molecule has 0 aliphatic heterocycles. The van der Waals surface area contributed by atoms with Crippen LogP contribution >= 0.6 is 0 Å². The normalized spacial score (nSPS) is 11.4. The van der Waals surface area contributed by atoms with Gasteiger partial charge in [0.2, 0.25) is 31.5 Å². The lowest BCUT2D eigenvalue weighted by atomic mass is 10.3. The molecule has 4 aromatic rings. The van der Waals surface area contributed by atoms with E-state index in [1.807, 2.05) is 0 Å². The van der Waals surface area contributed by atoms with Crippen LogP contribution in [-0.2, 0) is 29.3 Å². The van der Waals surface area contributed by atoms with Crippen LogP contribution in [0.1, 0.15) is 13.8 Å². The number of sulfone groups is 2. The fraction of sp³-hybridized carbons (Fsp3) is 0.0714. The standard InChI is InChI=1S/C28H24N2O7S2/c1-19(31)29-21-3-11-25(12-4-21)38(33,34)27-15-7-23(8-16-27)37-24-9-17-28(18-10-24)39(35,36)26-13-5-22(6-14-26)30-20(2)32/h3-18H,1-2H3,(H,29,31)(H,30,32). The van der Waals surface area contributed by atoms with E-state index in [2.05, 4.69) is 10.6 Å². The minimum atomic E-state index is -3.79. The molecule has 0 radical (unpaired) electrons. The first kappa shape index (κ1) is 27.6. The van der Waals surface area contributed by atoms with Crippen LogP contribution in [-0.4, -0.2) is 28.6 Å². The molecule has 0 atom stereocenters. The maximum atomic E-state index is 12.9. The van der Waals surface area contributed by atoms with Crippen LogP contribution in [0.4, 0.5) is 11.4 Å². The van der Waals surface area contributed by atoms with E-state index in [4.69, 9.17) is 4.74 Å². The van der Waals surface area contributed by atoms with Crippen molar-refractivity contribution in [3.8, 4) is 11.5 Å². The molecule has 0 aliphatic rings. The lowest BCUT2D eigenvalue weighted by Crippen LogP contribution is -2.06. The molecule has 2 amide bonds. The van der Waals surface area contributed by atoms with E-state index in [1.165, 1.54) is 111 Å². The fourth-order valence-electron chi connectivity index (χ4n) is 3.62. The van der Waals surface area contributed by atoms with E-state index >= 15 is 0 Å². The summed E-state index contributed by atoms with van der Waals surface area (Å²) in [6.07, 6.45) is 0. The minimum Gasteiger partial charge on any atom is -0.457 e. The molecule has 0 unspecified atom stereocenters. The molecule has 0 spiro atoms. The van der Waals surface area contributed by atoms with Crippen molar-refractivity contribution in [2.75, 3.05) is 10.6 Å². The summed E-state index contributed by atoms with van der Waals surface area (Å²) >= 11 is 0. The summed E-state index contributed by atoms with van der Waals surface area (Å²) in [5.41, 5.74) is 0.979. The average Bonchev–Trinajstić information content (AvgIpc) is 2.89. The van der Waals surface area contributed by atoms with Crippen molar-refractivity contribution in [3.63, 3.8) is 0 Å². The highest BCUT2D eigenvalue weighted by Gasteiger charge is 2.19. The highest BCUT2D eigenvalue weighted by Crippen LogP contribution is 2.29. The Labute approximate surface area is 226 Å². The third-order valence-corrected chi connectivity index (χ3v) is 9.04. The Kier molecular flexibility index (Phi) is 7.84. The van der Waals surface area contributed by atoms with Crippen LogP contribution in [0.25, 0.3) is 0 Å². The van der Waals surface area contributed by atoms with Crippen LogP contribution in [0.3, 0.4) is 0 Å². The SMILES string of the molecule is CC(=O)Nc1ccc(S(=O)(=O)c2ccc(Oc3ccc(S(=O)(=O)c4ccc(NC(C)=O)cc4)cc3)cc2)cc1. The summed E-state index contributed by atoms with van der Waals surface area (Å²) in [5, 5.41) is 5.17. The van der Waals surface area contributed by atoms with Gasteiger partial charge in [-0.05, 0) is 97.1 Å². The molecule has 0 bridgehead atoms. The smallest absolute Gasteiger partial charge is 0.221 e. The molecule has 39 heavy (non-hydrogen) atoms. The van der Waals surface area contributed by atoms with Crippen molar-refractivity contribution in [1.29, 1.82) is 0 Å². The molecular weight excluding hydrogens is 540 g/mol. The van der Waals surface area contributed by atoms with Gasteiger partial charge in [0.05, 0.1) is 19.6 Å². The first-order valence-corrected chi connectivity index (χ1v) is 14.6. The first-order chi connectivity index (χ1) is 18.4. The summed E-state index contributed by atoms with van der Waals surface area (Å²) in [6, 6.07) is 23.3. The van der Waals surface area contributed by atoms with Gasteiger partial charge in [-0.15, -0.1) is 0 Å². The third kappa shape index (κ3) is 6.51. The van der Waals surface area contributed by atoms with Crippen molar-refractivity contribution >= 4 is 42.9 Å². The van der Waals surface area contributed by atoms with Crippen molar-refractivity contribution in [1.82, 2.24) is 0 Å². The molecule has 0 aliphatic carbocycles. The number of amides is 2. The predicted octanol–water partition coefficient (Wildman–Crippen LogP) is 5.06. The molecular formula is C28H24N2O7S2. The Bertz CT molecular complexity index is 1580. The summed E-state index contributed by atoms with van der Waals surface area (Å²) in [6.45, 7) is 2.73. The molecule has 2 N–H and O–H groups in total. The minimum absolute atomic E-state index is 0.0630. The van der Waals surface area contributed by atoms with Crippen LogP contribution < -0.4 is 15.4 Å². The zero-order chi connectivity index (χ0) is 28.2. The van der Waals surface area contributed by atoms with Gasteiger partial charge in [0.15, 0.2) is 0 Å². The van der Waals surface area contributed by atoms with E-state index in [-0.39, 0.29) is 31.4 Å². The molecule has 0 saturated carbocycles. The van der Waals surface area contributed by atoms with Crippen molar-refractivity contribution in [3.05, 3.63) is 97.1 Å². The number of hydrogen-bond acceptors (Lipinski definition) is 7. The Morgan fingerprint density at radius 2 is 0.744 bits per heavy atom.